The normalized spacial score (nSPS) is 14.2. The van der Waals surface area contributed by atoms with E-state index >= 15 is 0 Å². The second-order valence-corrected chi connectivity index (χ2v) is 10.3. The summed E-state index contributed by atoms with van der Waals surface area (Å²) in [4.78, 5) is 27.2. The first-order chi connectivity index (χ1) is 16.4. The summed E-state index contributed by atoms with van der Waals surface area (Å²) in [5.41, 5.74) is 1.14. The summed E-state index contributed by atoms with van der Waals surface area (Å²) >= 11 is 0. The van der Waals surface area contributed by atoms with Crippen molar-refractivity contribution >= 4 is 38.2 Å². The molecule has 4 rings (SSSR count). The number of hydrogen-bond donors (Lipinski definition) is 1. The van der Waals surface area contributed by atoms with Gasteiger partial charge in [0.2, 0.25) is 11.8 Å². The fraction of sp³-hybridized carbons (Fsp3) is 0.360. The summed E-state index contributed by atoms with van der Waals surface area (Å²) in [6.45, 7) is 3.93. The maximum atomic E-state index is 13.2. The van der Waals surface area contributed by atoms with Crippen LogP contribution in [0.25, 0.3) is 10.9 Å². The number of carbonyl (C=O) groups excluding carboxylic acids is 2. The van der Waals surface area contributed by atoms with Crippen molar-refractivity contribution < 1.29 is 22.7 Å². The quantitative estimate of drug-likeness (QED) is 0.529. The molecular weight excluding hydrogens is 454 g/mol. The lowest BCUT2D eigenvalue weighted by molar-refractivity contribution is -0.132. The average molecular weight is 484 g/mol. The van der Waals surface area contributed by atoms with Crippen molar-refractivity contribution in [3.05, 3.63) is 54.7 Å². The molecule has 34 heavy (non-hydrogen) atoms. The minimum atomic E-state index is -3.95. The van der Waals surface area contributed by atoms with Crippen molar-refractivity contribution in [2.24, 2.45) is 0 Å². The number of sulfone groups is 1. The molecule has 0 radical (unpaired) electrons. The minimum absolute atomic E-state index is 0.0300. The molecule has 0 bridgehead atoms. The molecule has 1 aromatic heterocycles. The van der Waals surface area contributed by atoms with Crippen LogP contribution in [0, 0.1) is 0 Å². The van der Waals surface area contributed by atoms with Crippen molar-refractivity contribution in [3.63, 3.8) is 0 Å². The molecule has 2 amide bonds. The summed E-state index contributed by atoms with van der Waals surface area (Å²) in [7, 11) is -3.95. The topological polar surface area (TPSA) is 97.7 Å². The van der Waals surface area contributed by atoms with Gasteiger partial charge >= 0.3 is 0 Å². The van der Waals surface area contributed by atoms with E-state index < -0.39 is 21.5 Å². The summed E-state index contributed by atoms with van der Waals surface area (Å²) in [5, 5.41) is 3.13. The van der Waals surface area contributed by atoms with Gasteiger partial charge in [-0.15, -0.1) is 0 Å². The van der Waals surface area contributed by atoms with Crippen LogP contribution in [0.2, 0.25) is 0 Å². The van der Waals surface area contributed by atoms with Crippen LogP contribution in [-0.4, -0.2) is 55.1 Å². The van der Waals surface area contributed by atoms with E-state index in [0.717, 1.165) is 32.4 Å². The lowest BCUT2D eigenvalue weighted by atomic mass is 10.1. The maximum Gasteiger partial charge on any atom is 0.242 e. The van der Waals surface area contributed by atoms with E-state index in [2.05, 4.69) is 5.32 Å². The van der Waals surface area contributed by atoms with Gasteiger partial charge in [0.15, 0.2) is 9.84 Å². The monoisotopic (exact) mass is 483 g/mol. The average Bonchev–Trinajstić information content (AvgIpc) is 3.20. The molecule has 180 valence electrons. The van der Waals surface area contributed by atoms with E-state index in [4.69, 9.17) is 4.74 Å². The summed E-state index contributed by atoms with van der Waals surface area (Å²) in [6, 6.07) is 13.8. The molecule has 3 aromatic rings. The van der Waals surface area contributed by atoms with Gasteiger partial charge in [-0.05, 0) is 56.5 Å². The van der Waals surface area contributed by atoms with Crippen LogP contribution in [-0.2, 0) is 26.0 Å². The number of rotatable bonds is 8. The predicted molar refractivity (Wildman–Crippen MR) is 131 cm³/mol. The predicted octanol–water partition coefficient (Wildman–Crippen LogP) is 3.46. The summed E-state index contributed by atoms with van der Waals surface area (Å²) in [5.74, 6) is -0.697. The second-order valence-electron chi connectivity index (χ2n) is 8.34. The molecule has 0 aliphatic carbocycles. The van der Waals surface area contributed by atoms with Crippen molar-refractivity contribution in [1.29, 1.82) is 0 Å². The number of nitrogens with one attached hydrogen (secondary N) is 1. The third kappa shape index (κ3) is 5.41. The Morgan fingerprint density at radius 2 is 1.71 bits per heavy atom. The fourth-order valence-corrected chi connectivity index (χ4v) is 5.60. The number of para-hydroxylation sites is 1. The smallest absolute Gasteiger partial charge is 0.242 e. The van der Waals surface area contributed by atoms with Gasteiger partial charge in [-0.3, -0.25) is 9.59 Å². The van der Waals surface area contributed by atoms with E-state index in [1.54, 1.807) is 53.1 Å². The van der Waals surface area contributed by atoms with Crippen molar-refractivity contribution in [3.8, 4) is 5.75 Å². The molecule has 1 saturated heterocycles. The molecule has 1 aliphatic rings. The molecule has 1 N–H and O–H groups in total. The van der Waals surface area contributed by atoms with E-state index in [9.17, 15) is 18.0 Å². The van der Waals surface area contributed by atoms with Crippen LogP contribution in [0.1, 0.15) is 26.2 Å². The van der Waals surface area contributed by atoms with Crippen LogP contribution in [0.5, 0.6) is 5.75 Å². The fourth-order valence-electron chi connectivity index (χ4n) is 4.23. The molecular formula is C25H29N3O5S. The lowest BCUT2D eigenvalue weighted by Crippen LogP contribution is -2.37. The summed E-state index contributed by atoms with van der Waals surface area (Å²) < 4.78 is 33.4. The molecule has 8 nitrogen and oxygen atoms in total. The van der Waals surface area contributed by atoms with Crippen molar-refractivity contribution in [2.45, 2.75) is 37.6 Å². The van der Waals surface area contributed by atoms with Crippen LogP contribution in [0.3, 0.4) is 0 Å². The first-order valence-electron chi connectivity index (χ1n) is 11.5. The van der Waals surface area contributed by atoms with Gasteiger partial charge < -0.3 is 19.5 Å². The van der Waals surface area contributed by atoms with Gasteiger partial charge in [0, 0.05) is 35.9 Å². The molecule has 0 atom stereocenters. The highest BCUT2D eigenvalue weighted by atomic mass is 32.2. The van der Waals surface area contributed by atoms with Crippen LogP contribution in [0.15, 0.2) is 59.6 Å². The number of piperidine rings is 1. The zero-order valence-corrected chi connectivity index (χ0v) is 20.0. The summed E-state index contributed by atoms with van der Waals surface area (Å²) in [6.07, 6.45) is 4.58. The van der Waals surface area contributed by atoms with Gasteiger partial charge in [-0.1, -0.05) is 18.2 Å². The highest BCUT2D eigenvalue weighted by Crippen LogP contribution is 2.27. The Bertz CT molecular complexity index is 1280. The largest absolute Gasteiger partial charge is 0.494 e. The zero-order chi connectivity index (χ0) is 24.1. The lowest BCUT2D eigenvalue weighted by Gasteiger charge is -2.27. The number of fused-ring (bicyclic) bond motifs is 1. The Morgan fingerprint density at radius 3 is 2.41 bits per heavy atom. The highest BCUT2D eigenvalue weighted by molar-refractivity contribution is 7.92. The Hall–Kier alpha value is -3.33. The van der Waals surface area contributed by atoms with Crippen molar-refractivity contribution in [2.75, 3.05) is 30.8 Å². The van der Waals surface area contributed by atoms with Crippen LogP contribution >= 0.6 is 0 Å². The molecule has 0 saturated carbocycles. The first-order valence-corrected chi connectivity index (χ1v) is 13.1. The van der Waals surface area contributed by atoms with Gasteiger partial charge in [0.1, 0.15) is 18.0 Å². The number of anilines is 1. The molecule has 1 fully saturated rings. The number of benzene rings is 2. The standard InChI is InChI=1S/C25H29N3O5S/c1-2-33-20-12-10-19(11-13-20)26-24(29)18-34(31,32)23-16-28(22-9-5-4-8-21(22)23)17-25(30)27-14-6-3-7-15-27/h4-5,8-13,16H,2-3,6-7,14-15,17-18H2,1H3,(H,26,29). The Balaban J connectivity index is 1.52. The Kier molecular flexibility index (Phi) is 7.21. The van der Waals surface area contributed by atoms with E-state index in [-0.39, 0.29) is 17.3 Å². The van der Waals surface area contributed by atoms with E-state index in [1.807, 2.05) is 11.8 Å². The van der Waals surface area contributed by atoms with Gasteiger partial charge in [-0.2, -0.15) is 0 Å². The number of aromatic nitrogens is 1. The number of carbonyl (C=O) groups is 2. The third-order valence-corrected chi connectivity index (χ3v) is 7.51. The van der Waals surface area contributed by atoms with Gasteiger partial charge in [0.25, 0.3) is 0 Å². The Labute approximate surface area is 199 Å². The van der Waals surface area contributed by atoms with Crippen LogP contribution < -0.4 is 10.1 Å². The van der Waals surface area contributed by atoms with E-state index in [0.29, 0.717) is 28.9 Å². The number of ether oxygens (including phenoxy) is 1. The molecule has 2 aromatic carbocycles. The molecule has 1 aliphatic heterocycles. The van der Waals surface area contributed by atoms with Gasteiger partial charge in [0.05, 0.1) is 11.5 Å². The third-order valence-electron chi connectivity index (χ3n) is 5.87. The number of nitrogens with zero attached hydrogens (tertiary/aromatic N) is 2. The highest BCUT2D eigenvalue weighted by Gasteiger charge is 2.26. The number of likely N-dealkylation sites (tertiary alicyclic amines) is 1. The molecule has 2 heterocycles. The SMILES string of the molecule is CCOc1ccc(NC(=O)CS(=O)(=O)c2cn(CC(=O)N3CCCCC3)c3ccccc23)cc1. The number of hydrogen-bond acceptors (Lipinski definition) is 5. The van der Waals surface area contributed by atoms with Crippen molar-refractivity contribution in [1.82, 2.24) is 9.47 Å². The van der Waals surface area contributed by atoms with Gasteiger partial charge in [-0.25, -0.2) is 8.42 Å². The Morgan fingerprint density at radius 1 is 1.00 bits per heavy atom. The molecule has 9 heteroatoms. The first kappa shape index (κ1) is 23.8. The molecule has 0 unspecified atom stereocenters. The van der Waals surface area contributed by atoms with E-state index in [1.165, 1.54) is 6.20 Å². The second kappa shape index (κ2) is 10.3. The minimum Gasteiger partial charge on any atom is -0.494 e. The van der Waals surface area contributed by atoms with Crippen LogP contribution in [0.4, 0.5) is 5.69 Å². The zero-order valence-electron chi connectivity index (χ0n) is 19.2. The maximum absolute atomic E-state index is 13.2. The molecule has 0 spiro atoms. The number of amides is 2.